The van der Waals surface area contributed by atoms with Gasteiger partial charge < -0.3 is 9.84 Å². The Bertz CT molecular complexity index is 646. The Morgan fingerprint density at radius 1 is 1.47 bits per heavy atom. The molecule has 6 heteroatoms. The lowest BCUT2D eigenvalue weighted by molar-refractivity contribution is 0.0689. The topological polar surface area (TPSA) is 59.4 Å². The first-order chi connectivity index (χ1) is 8.99. The van der Waals surface area contributed by atoms with Crippen LogP contribution in [-0.4, -0.2) is 16.1 Å². The highest BCUT2D eigenvalue weighted by Crippen LogP contribution is 2.31. The van der Waals surface area contributed by atoms with E-state index in [-0.39, 0.29) is 11.6 Å². The zero-order valence-corrected chi connectivity index (χ0v) is 11.4. The summed E-state index contributed by atoms with van der Waals surface area (Å²) in [5.74, 6) is -2.16. The molecule has 19 heavy (non-hydrogen) atoms. The van der Waals surface area contributed by atoms with Gasteiger partial charge in [0.2, 0.25) is 5.88 Å². The second kappa shape index (κ2) is 5.36. The quantitative estimate of drug-likeness (QED) is 0.932. The highest BCUT2D eigenvalue weighted by Gasteiger charge is 2.18. The number of aryl methyl sites for hydroxylation is 1. The molecule has 1 aromatic heterocycles. The van der Waals surface area contributed by atoms with Gasteiger partial charge in [-0.25, -0.2) is 14.2 Å². The summed E-state index contributed by atoms with van der Waals surface area (Å²) in [7, 11) is 0. The van der Waals surface area contributed by atoms with Crippen molar-refractivity contribution in [1.82, 2.24) is 4.98 Å². The molecule has 0 amide bonds. The van der Waals surface area contributed by atoms with Crippen molar-refractivity contribution in [2.24, 2.45) is 0 Å². The van der Waals surface area contributed by atoms with Crippen LogP contribution in [0.3, 0.4) is 0 Å². The van der Waals surface area contributed by atoms with Crippen LogP contribution in [0.1, 0.15) is 15.9 Å². The van der Waals surface area contributed by atoms with Gasteiger partial charge in [-0.2, -0.15) is 0 Å². The molecule has 98 valence electrons. The molecule has 4 nitrogen and oxygen atoms in total. The fourth-order valence-corrected chi connectivity index (χ4v) is 2.04. The molecule has 0 aliphatic heterocycles. The number of aromatic carboxylic acids is 1. The standard InChI is InChI=1S/C13H9BrFNO3/c1-7-5-8(14)12(16-6-7)19-10-4-2-3-9(15)11(10)13(17)18/h2-6H,1H3,(H,17,18). The smallest absolute Gasteiger partial charge is 0.342 e. The van der Waals surface area contributed by atoms with Crippen molar-refractivity contribution >= 4 is 21.9 Å². The van der Waals surface area contributed by atoms with Gasteiger partial charge in [-0.05, 0) is 46.6 Å². The van der Waals surface area contributed by atoms with Gasteiger partial charge in [-0.3, -0.25) is 0 Å². The van der Waals surface area contributed by atoms with Crippen LogP contribution in [0, 0.1) is 12.7 Å². The Labute approximate surface area is 117 Å². The molecule has 0 aliphatic carbocycles. The average molecular weight is 326 g/mol. The number of aromatic nitrogens is 1. The highest BCUT2D eigenvalue weighted by atomic mass is 79.9. The number of hydrogen-bond donors (Lipinski definition) is 1. The first-order valence-corrected chi connectivity index (χ1v) is 6.10. The number of rotatable bonds is 3. The molecule has 1 aromatic carbocycles. The highest BCUT2D eigenvalue weighted by molar-refractivity contribution is 9.10. The number of carbonyl (C=O) groups is 1. The third-order valence-corrected chi connectivity index (χ3v) is 2.91. The Hall–Kier alpha value is -1.95. The van der Waals surface area contributed by atoms with Crippen LogP contribution in [0.5, 0.6) is 11.6 Å². The maximum Gasteiger partial charge on any atom is 0.342 e. The molecule has 2 aromatic rings. The molecule has 2 rings (SSSR count). The molecule has 0 spiro atoms. The molecule has 0 fully saturated rings. The lowest BCUT2D eigenvalue weighted by atomic mass is 10.2. The SMILES string of the molecule is Cc1cnc(Oc2cccc(F)c2C(=O)O)c(Br)c1. The monoisotopic (exact) mass is 325 g/mol. The van der Waals surface area contributed by atoms with E-state index < -0.39 is 17.3 Å². The van der Waals surface area contributed by atoms with Crippen molar-refractivity contribution in [3.8, 4) is 11.6 Å². The van der Waals surface area contributed by atoms with Crippen molar-refractivity contribution in [1.29, 1.82) is 0 Å². The van der Waals surface area contributed by atoms with E-state index in [2.05, 4.69) is 20.9 Å². The Morgan fingerprint density at radius 2 is 2.21 bits per heavy atom. The summed E-state index contributed by atoms with van der Waals surface area (Å²) in [5.41, 5.74) is 0.397. The van der Waals surface area contributed by atoms with Crippen molar-refractivity contribution in [3.63, 3.8) is 0 Å². The molecule has 0 unspecified atom stereocenters. The summed E-state index contributed by atoms with van der Waals surface area (Å²) in [6.45, 7) is 1.85. The third-order valence-electron chi connectivity index (χ3n) is 2.34. The normalized spacial score (nSPS) is 10.3. The molecule has 0 atom stereocenters. The molecule has 1 N–H and O–H groups in total. The van der Waals surface area contributed by atoms with Gasteiger partial charge in [0.1, 0.15) is 17.1 Å². The van der Waals surface area contributed by atoms with E-state index in [1.165, 1.54) is 12.1 Å². The van der Waals surface area contributed by atoms with Crippen molar-refractivity contribution < 1.29 is 19.0 Å². The lowest BCUT2D eigenvalue weighted by Gasteiger charge is -2.10. The number of halogens is 2. The van der Waals surface area contributed by atoms with E-state index in [9.17, 15) is 9.18 Å². The number of pyridine rings is 1. The largest absolute Gasteiger partial charge is 0.477 e. The Morgan fingerprint density at radius 3 is 2.84 bits per heavy atom. The molecular weight excluding hydrogens is 317 g/mol. The maximum atomic E-state index is 13.5. The van der Waals surface area contributed by atoms with Crippen molar-refractivity contribution in [2.45, 2.75) is 6.92 Å². The van der Waals surface area contributed by atoms with Crippen LogP contribution < -0.4 is 4.74 Å². The van der Waals surface area contributed by atoms with E-state index in [0.717, 1.165) is 11.6 Å². The zero-order chi connectivity index (χ0) is 14.0. The van der Waals surface area contributed by atoms with Crippen LogP contribution in [0.15, 0.2) is 34.9 Å². The number of carboxylic acids is 1. The third kappa shape index (κ3) is 2.90. The second-order valence-electron chi connectivity index (χ2n) is 3.82. The Kier molecular flexibility index (Phi) is 3.80. The van der Waals surface area contributed by atoms with Gasteiger partial charge >= 0.3 is 5.97 Å². The van der Waals surface area contributed by atoms with Gasteiger partial charge in [-0.1, -0.05) is 6.07 Å². The van der Waals surface area contributed by atoms with Crippen molar-refractivity contribution in [2.75, 3.05) is 0 Å². The summed E-state index contributed by atoms with van der Waals surface area (Å²) >= 11 is 3.26. The van der Waals surface area contributed by atoms with Crippen LogP contribution in [0.25, 0.3) is 0 Å². The zero-order valence-electron chi connectivity index (χ0n) is 9.85. The molecule has 0 saturated heterocycles. The predicted octanol–water partition coefficient (Wildman–Crippen LogP) is 3.78. The van der Waals surface area contributed by atoms with Crippen LogP contribution >= 0.6 is 15.9 Å². The number of hydrogen-bond acceptors (Lipinski definition) is 3. The summed E-state index contributed by atoms with van der Waals surface area (Å²) in [6, 6.07) is 5.58. The first kappa shape index (κ1) is 13.5. The fraction of sp³-hybridized carbons (Fsp3) is 0.0769. The minimum atomic E-state index is -1.39. The number of nitrogens with zero attached hydrogens (tertiary/aromatic N) is 1. The van der Waals surface area contributed by atoms with Gasteiger partial charge in [-0.15, -0.1) is 0 Å². The summed E-state index contributed by atoms with van der Waals surface area (Å²) in [6.07, 6.45) is 1.57. The van der Waals surface area contributed by atoms with Crippen LogP contribution in [-0.2, 0) is 0 Å². The van der Waals surface area contributed by atoms with Crippen LogP contribution in [0.2, 0.25) is 0 Å². The van der Waals surface area contributed by atoms with Gasteiger partial charge in [0.05, 0.1) is 4.47 Å². The number of benzene rings is 1. The molecule has 1 heterocycles. The molecule has 0 radical (unpaired) electrons. The van der Waals surface area contributed by atoms with Crippen LogP contribution in [0.4, 0.5) is 4.39 Å². The number of carboxylic acid groups (broad SMARTS) is 1. The fourth-order valence-electron chi connectivity index (χ4n) is 1.50. The number of ether oxygens (including phenoxy) is 1. The van der Waals surface area contributed by atoms with E-state index in [1.54, 1.807) is 12.3 Å². The van der Waals surface area contributed by atoms with Gasteiger partial charge in [0, 0.05) is 6.20 Å². The minimum absolute atomic E-state index is 0.0930. The summed E-state index contributed by atoms with van der Waals surface area (Å²) in [4.78, 5) is 15.0. The molecule has 0 aliphatic rings. The van der Waals surface area contributed by atoms with E-state index in [4.69, 9.17) is 9.84 Å². The second-order valence-corrected chi connectivity index (χ2v) is 4.67. The van der Waals surface area contributed by atoms with Crippen molar-refractivity contribution in [3.05, 3.63) is 51.9 Å². The molecule has 0 bridgehead atoms. The first-order valence-electron chi connectivity index (χ1n) is 5.31. The summed E-state index contributed by atoms with van der Waals surface area (Å²) < 4.78 is 19.4. The van der Waals surface area contributed by atoms with E-state index in [1.807, 2.05) is 6.92 Å². The van der Waals surface area contributed by atoms with Gasteiger partial charge in [0.25, 0.3) is 0 Å². The Balaban J connectivity index is 2.44. The van der Waals surface area contributed by atoms with E-state index >= 15 is 0 Å². The summed E-state index contributed by atoms with van der Waals surface area (Å²) in [5, 5.41) is 8.99. The molecular formula is C13H9BrFNO3. The molecule has 0 saturated carbocycles. The minimum Gasteiger partial charge on any atom is -0.477 e. The lowest BCUT2D eigenvalue weighted by Crippen LogP contribution is -2.04. The van der Waals surface area contributed by atoms with Gasteiger partial charge in [0.15, 0.2) is 0 Å². The van der Waals surface area contributed by atoms with E-state index in [0.29, 0.717) is 4.47 Å². The predicted molar refractivity (Wildman–Crippen MR) is 70.1 cm³/mol. The maximum absolute atomic E-state index is 13.5. The average Bonchev–Trinajstić information content (AvgIpc) is 2.32.